The molecular weight excluding hydrogens is 473 g/mol. The van der Waals surface area contributed by atoms with Crippen LogP contribution in [0.15, 0.2) is 34.3 Å². The quantitative estimate of drug-likeness (QED) is 0.291. The van der Waals surface area contributed by atoms with E-state index in [0.717, 1.165) is 0 Å². The van der Waals surface area contributed by atoms with Gasteiger partial charge >= 0.3 is 18.5 Å². The van der Waals surface area contributed by atoms with Crippen LogP contribution in [-0.2, 0) is 18.5 Å². The maximum Gasteiger partial charge on any atom is 0.433 e. The molecule has 0 aliphatic rings. The van der Waals surface area contributed by atoms with Crippen molar-refractivity contribution in [1.82, 2.24) is 19.6 Å². The Balaban J connectivity index is 2.12. The molecule has 0 aliphatic carbocycles. The molecule has 2 heterocycles. The standard InChI is InChI=1S/C14H4F9N5O2S/c15-12(16,17)5-1-2-7(6(3-5)28(29)30)31-11-25-10-24-8(13(18,19)20)4-9(14(21,22)23)27(10)26-11/h1-4H. The number of fused-ring (bicyclic) bond motifs is 1. The monoisotopic (exact) mass is 477 g/mol. The molecule has 0 saturated carbocycles. The molecule has 17 heteroatoms. The summed E-state index contributed by atoms with van der Waals surface area (Å²) in [4.78, 5) is 15.8. The van der Waals surface area contributed by atoms with Gasteiger partial charge < -0.3 is 0 Å². The first-order valence-corrected chi connectivity index (χ1v) is 8.34. The Bertz CT molecular complexity index is 1170. The summed E-state index contributed by atoms with van der Waals surface area (Å²) in [6, 6.07) is 1.04. The lowest BCUT2D eigenvalue weighted by atomic mass is 10.2. The van der Waals surface area contributed by atoms with Crippen LogP contribution in [0, 0.1) is 10.1 Å². The molecule has 0 spiro atoms. The van der Waals surface area contributed by atoms with Crippen molar-refractivity contribution in [1.29, 1.82) is 0 Å². The van der Waals surface area contributed by atoms with Crippen LogP contribution in [0.4, 0.5) is 45.2 Å². The molecule has 3 aromatic rings. The van der Waals surface area contributed by atoms with Crippen molar-refractivity contribution in [3.05, 3.63) is 51.3 Å². The van der Waals surface area contributed by atoms with E-state index in [9.17, 15) is 49.6 Å². The number of rotatable bonds is 3. The first-order valence-electron chi connectivity index (χ1n) is 7.53. The Labute approximate surface area is 168 Å². The zero-order valence-electron chi connectivity index (χ0n) is 14.2. The lowest BCUT2D eigenvalue weighted by molar-refractivity contribution is -0.388. The predicted octanol–water partition coefficient (Wildman–Crippen LogP) is 5.24. The van der Waals surface area contributed by atoms with Gasteiger partial charge in [0.25, 0.3) is 11.5 Å². The van der Waals surface area contributed by atoms with Crippen LogP contribution in [-0.4, -0.2) is 24.5 Å². The maximum absolute atomic E-state index is 13.2. The van der Waals surface area contributed by atoms with Crippen LogP contribution in [0.25, 0.3) is 5.78 Å². The highest BCUT2D eigenvalue weighted by molar-refractivity contribution is 7.99. The van der Waals surface area contributed by atoms with Crippen molar-refractivity contribution in [2.75, 3.05) is 0 Å². The minimum absolute atomic E-state index is 0.0481. The van der Waals surface area contributed by atoms with Gasteiger partial charge in [-0.25, -0.2) is 4.98 Å². The highest BCUT2D eigenvalue weighted by Gasteiger charge is 2.41. The number of hydrogen-bond donors (Lipinski definition) is 0. The minimum atomic E-state index is -5.29. The Morgan fingerprint density at radius 2 is 1.55 bits per heavy atom. The Morgan fingerprint density at radius 1 is 0.903 bits per heavy atom. The summed E-state index contributed by atoms with van der Waals surface area (Å²) < 4.78 is 116. The molecule has 0 N–H and O–H groups in total. The normalized spacial score (nSPS) is 13.1. The largest absolute Gasteiger partial charge is 0.433 e. The molecule has 166 valence electrons. The molecule has 0 amide bonds. The zero-order valence-corrected chi connectivity index (χ0v) is 15.0. The van der Waals surface area contributed by atoms with Gasteiger partial charge in [0, 0.05) is 6.07 Å². The smallest absolute Gasteiger partial charge is 0.258 e. The molecule has 7 nitrogen and oxygen atoms in total. The van der Waals surface area contributed by atoms with Gasteiger partial charge in [0.1, 0.15) is 0 Å². The average molecular weight is 477 g/mol. The molecule has 31 heavy (non-hydrogen) atoms. The van der Waals surface area contributed by atoms with Crippen molar-refractivity contribution in [2.24, 2.45) is 0 Å². The summed E-state index contributed by atoms with van der Waals surface area (Å²) in [5, 5.41) is 13.7. The van der Waals surface area contributed by atoms with E-state index in [4.69, 9.17) is 0 Å². The van der Waals surface area contributed by atoms with Crippen LogP contribution in [0.3, 0.4) is 0 Å². The second-order valence-corrected chi connectivity index (χ2v) is 6.68. The fraction of sp³-hybridized carbons (Fsp3) is 0.214. The number of halogens is 9. The number of nitro groups is 1. The third-order valence-electron chi connectivity index (χ3n) is 3.56. The van der Waals surface area contributed by atoms with Crippen LogP contribution < -0.4 is 0 Å². The average Bonchev–Trinajstić information content (AvgIpc) is 3.00. The molecule has 0 aliphatic heterocycles. The zero-order chi connectivity index (χ0) is 23.4. The number of nitro benzene ring substituents is 1. The second kappa shape index (κ2) is 7.24. The fourth-order valence-electron chi connectivity index (χ4n) is 2.26. The number of aromatic nitrogens is 4. The van der Waals surface area contributed by atoms with Crippen molar-refractivity contribution >= 4 is 23.2 Å². The highest BCUT2D eigenvalue weighted by atomic mass is 32.2. The van der Waals surface area contributed by atoms with E-state index in [2.05, 4.69) is 15.1 Å². The Kier molecular flexibility index (Phi) is 5.27. The molecule has 0 radical (unpaired) electrons. The first kappa shape index (κ1) is 22.6. The molecule has 0 atom stereocenters. The SMILES string of the molecule is O=[N+]([O-])c1cc(C(F)(F)F)ccc1Sc1nc2nc(C(F)(F)F)cc(C(F)(F)F)n2n1. The van der Waals surface area contributed by atoms with E-state index in [1.54, 1.807) is 0 Å². The number of alkyl halides is 9. The van der Waals surface area contributed by atoms with E-state index in [-0.39, 0.29) is 28.4 Å². The van der Waals surface area contributed by atoms with Gasteiger partial charge in [0.05, 0.1) is 15.4 Å². The molecule has 0 bridgehead atoms. The summed E-state index contributed by atoms with van der Waals surface area (Å²) in [5.41, 5.74) is -6.19. The Hall–Kier alpha value is -3.11. The number of nitrogens with zero attached hydrogens (tertiary/aromatic N) is 5. The molecule has 3 rings (SSSR count). The lowest BCUT2D eigenvalue weighted by Gasteiger charge is -2.11. The minimum Gasteiger partial charge on any atom is -0.258 e. The predicted molar refractivity (Wildman–Crippen MR) is 83.0 cm³/mol. The lowest BCUT2D eigenvalue weighted by Crippen LogP contribution is -2.18. The van der Waals surface area contributed by atoms with Gasteiger partial charge in [0.15, 0.2) is 11.4 Å². The first-order chi connectivity index (χ1) is 14.1. The van der Waals surface area contributed by atoms with Crippen molar-refractivity contribution in [3.63, 3.8) is 0 Å². The van der Waals surface area contributed by atoms with Crippen LogP contribution in [0.1, 0.15) is 17.0 Å². The van der Waals surface area contributed by atoms with E-state index in [1.807, 2.05) is 0 Å². The van der Waals surface area contributed by atoms with Crippen molar-refractivity contribution < 1.29 is 44.4 Å². The fourth-order valence-corrected chi connectivity index (χ4v) is 3.08. The summed E-state index contributed by atoms with van der Waals surface area (Å²) in [7, 11) is 0. The van der Waals surface area contributed by atoms with E-state index in [1.165, 1.54) is 0 Å². The third kappa shape index (κ3) is 4.64. The third-order valence-corrected chi connectivity index (χ3v) is 4.48. The van der Waals surface area contributed by atoms with Gasteiger partial charge in [-0.3, -0.25) is 10.1 Å². The van der Waals surface area contributed by atoms with E-state index in [0.29, 0.717) is 12.1 Å². The van der Waals surface area contributed by atoms with Crippen LogP contribution in [0.2, 0.25) is 0 Å². The van der Waals surface area contributed by atoms with Gasteiger partial charge in [-0.15, -0.1) is 5.10 Å². The molecule has 0 saturated heterocycles. The molecular formula is C14H4F9N5O2S. The van der Waals surface area contributed by atoms with Gasteiger partial charge in [-0.2, -0.15) is 49.0 Å². The topological polar surface area (TPSA) is 86.2 Å². The summed E-state index contributed by atoms with van der Waals surface area (Å²) >= 11 is 0.180. The van der Waals surface area contributed by atoms with Gasteiger partial charge in [-0.1, -0.05) is 0 Å². The Morgan fingerprint density at radius 3 is 2.06 bits per heavy atom. The van der Waals surface area contributed by atoms with Crippen molar-refractivity contribution in [3.8, 4) is 0 Å². The summed E-state index contributed by atoms with van der Waals surface area (Å²) in [6.07, 6.45) is -15.4. The second-order valence-electron chi connectivity index (χ2n) is 5.67. The van der Waals surface area contributed by atoms with Gasteiger partial charge in [0.2, 0.25) is 5.16 Å². The highest BCUT2D eigenvalue weighted by Crippen LogP contribution is 2.39. The maximum atomic E-state index is 13.2. The molecule has 1 aromatic carbocycles. The van der Waals surface area contributed by atoms with E-state index >= 15 is 0 Å². The molecule has 0 unspecified atom stereocenters. The van der Waals surface area contributed by atoms with Crippen LogP contribution >= 0.6 is 11.8 Å². The van der Waals surface area contributed by atoms with Crippen LogP contribution in [0.5, 0.6) is 0 Å². The van der Waals surface area contributed by atoms with E-state index < -0.39 is 61.9 Å². The molecule has 0 fully saturated rings. The van der Waals surface area contributed by atoms with Gasteiger partial charge in [-0.05, 0) is 30.0 Å². The summed E-state index contributed by atoms with van der Waals surface area (Å²) in [6.45, 7) is 0. The van der Waals surface area contributed by atoms with Crippen molar-refractivity contribution in [2.45, 2.75) is 28.6 Å². The number of hydrogen-bond acceptors (Lipinski definition) is 6. The molecule has 2 aromatic heterocycles. The summed E-state index contributed by atoms with van der Waals surface area (Å²) in [5.74, 6) is -1.11. The number of benzene rings is 1.